The van der Waals surface area contributed by atoms with Crippen molar-refractivity contribution in [2.45, 2.75) is 40.0 Å². The second-order valence-corrected chi connectivity index (χ2v) is 5.92. The van der Waals surface area contributed by atoms with Gasteiger partial charge in [-0.3, -0.25) is 4.79 Å². The first-order chi connectivity index (χ1) is 10.7. The molecule has 0 bridgehead atoms. The molecule has 2 aromatic rings. The van der Waals surface area contributed by atoms with Crippen LogP contribution in [-0.4, -0.2) is 10.9 Å². The zero-order valence-electron chi connectivity index (χ0n) is 13.3. The predicted octanol–water partition coefficient (Wildman–Crippen LogP) is 5.24. The van der Waals surface area contributed by atoms with Crippen LogP contribution < -0.4 is 5.32 Å². The number of anilines is 1. The summed E-state index contributed by atoms with van der Waals surface area (Å²) < 4.78 is 1.14. The average Bonchev–Trinajstić information content (AvgIpc) is 2.94. The summed E-state index contributed by atoms with van der Waals surface area (Å²) in [5.74, 6) is -0.000454. The second kappa shape index (κ2) is 7.90. The van der Waals surface area contributed by atoms with Gasteiger partial charge >= 0.3 is 0 Å². The first-order valence-electron chi connectivity index (χ1n) is 7.74. The number of aryl methyl sites for hydroxylation is 1. The lowest BCUT2D eigenvalue weighted by Gasteiger charge is -2.06. The second-order valence-electron chi connectivity index (χ2n) is 4.93. The van der Waals surface area contributed by atoms with E-state index in [2.05, 4.69) is 35.4 Å². The van der Waals surface area contributed by atoms with Crippen LogP contribution in [0.5, 0.6) is 0 Å². The van der Waals surface area contributed by atoms with E-state index < -0.39 is 0 Å². The van der Waals surface area contributed by atoms with Gasteiger partial charge in [0.1, 0.15) is 0 Å². The topological polar surface area (TPSA) is 42.0 Å². The molecule has 1 N–H and O–H groups in total. The number of allylic oxidation sites excluding steroid dienone is 3. The number of carbonyl (C=O) groups is 1. The quantitative estimate of drug-likeness (QED) is 0.842. The molecule has 0 atom stereocenters. The molecule has 0 saturated heterocycles. The average molecular weight is 314 g/mol. The molecule has 22 heavy (non-hydrogen) atoms. The molecule has 1 amide bonds. The molecule has 0 fully saturated rings. The number of thiazole rings is 1. The number of fused-ring (bicyclic) bond motifs is 1. The zero-order chi connectivity index (χ0) is 15.9. The molecule has 1 heterocycles. The first kappa shape index (κ1) is 16.4. The third-order valence-electron chi connectivity index (χ3n) is 3.29. The molecular formula is C18H22N2OS. The highest BCUT2D eigenvalue weighted by atomic mass is 32.1. The highest BCUT2D eigenvalue weighted by molar-refractivity contribution is 7.22. The fourth-order valence-corrected chi connectivity index (χ4v) is 3.24. The summed E-state index contributed by atoms with van der Waals surface area (Å²) in [6, 6.07) is 6.02. The minimum Gasteiger partial charge on any atom is -0.302 e. The van der Waals surface area contributed by atoms with Gasteiger partial charge in [-0.2, -0.15) is 0 Å². The van der Waals surface area contributed by atoms with Crippen LogP contribution in [0.3, 0.4) is 0 Å². The van der Waals surface area contributed by atoms with Gasteiger partial charge in [0.2, 0.25) is 5.91 Å². The van der Waals surface area contributed by atoms with Gasteiger partial charge in [-0.25, -0.2) is 4.98 Å². The molecule has 3 nitrogen and oxygen atoms in total. The van der Waals surface area contributed by atoms with Crippen molar-refractivity contribution in [1.82, 2.24) is 4.98 Å². The minimum absolute atomic E-state index is 0.000454. The number of carbonyl (C=O) groups excluding carboxylic acids is 1. The third-order valence-corrected chi connectivity index (χ3v) is 4.42. The first-order valence-corrected chi connectivity index (χ1v) is 8.55. The largest absolute Gasteiger partial charge is 0.302 e. The zero-order valence-corrected chi connectivity index (χ0v) is 14.2. The van der Waals surface area contributed by atoms with Gasteiger partial charge in [0.25, 0.3) is 0 Å². The Kier molecular flexibility index (Phi) is 5.90. The number of amides is 1. The maximum absolute atomic E-state index is 12.0. The molecule has 0 aliphatic heterocycles. The maximum atomic E-state index is 12.0. The van der Waals surface area contributed by atoms with Crippen LogP contribution in [0, 0.1) is 6.92 Å². The van der Waals surface area contributed by atoms with Gasteiger partial charge in [-0.05, 0) is 37.0 Å². The summed E-state index contributed by atoms with van der Waals surface area (Å²) in [5, 5.41) is 3.58. The Bertz CT molecular complexity index is 713. The SMILES string of the molecule is CC.Cc1cccc2nc(NC(=O)CC3=CCCC=C3)sc12. The number of hydrogen-bond donors (Lipinski definition) is 1. The monoisotopic (exact) mass is 314 g/mol. The smallest absolute Gasteiger partial charge is 0.230 e. The van der Waals surface area contributed by atoms with Gasteiger partial charge in [0.15, 0.2) is 5.13 Å². The van der Waals surface area contributed by atoms with Crippen molar-refractivity contribution in [2.24, 2.45) is 0 Å². The van der Waals surface area contributed by atoms with E-state index >= 15 is 0 Å². The van der Waals surface area contributed by atoms with E-state index in [0.717, 1.165) is 28.6 Å². The van der Waals surface area contributed by atoms with Crippen LogP contribution in [0.4, 0.5) is 5.13 Å². The van der Waals surface area contributed by atoms with Gasteiger partial charge < -0.3 is 5.32 Å². The number of rotatable bonds is 3. The van der Waals surface area contributed by atoms with Gasteiger partial charge in [0, 0.05) is 0 Å². The Balaban J connectivity index is 0.000000847. The lowest BCUT2D eigenvalue weighted by Crippen LogP contribution is -2.11. The molecule has 1 aromatic heterocycles. The van der Waals surface area contributed by atoms with Gasteiger partial charge in [-0.15, -0.1) is 0 Å². The minimum atomic E-state index is -0.000454. The Morgan fingerprint density at radius 1 is 1.32 bits per heavy atom. The standard InChI is InChI=1S/C16H16N2OS.C2H6/c1-11-6-5-9-13-15(11)20-16(17-13)18-14(19)10-12-7-3-2-4-8-12;1-2/h3,5-9H,2,4,10H2,1H3,(H,17,18,19);1-2H3. The Hall–Kier alpha value is -1.94. The van der Waals surface area contributed by atoms with Crippen molar-refractivity contribution in [2.75, 3.05) is 5.32 Å². The van der Waals surface area contributed by atoms with Gasteiger partial charge in [-0.1, -0.05) is 55.5 Å². The van der Waals surface area contributed by atoms with Crippen LogP contribution in [0.2, 0.25) is 0 Å². The van der Waals surface area contributed by atoms with E-state index in [4.69, 9.17) is 0 Å². The van der Waals surface area contributed by atoms with E-state index in [0.29, 0.717) is 11.6 Å². The molecule has 0 unspecified atom stereocenters. The van der Waals surface area contributed by atoms with Crippen molar-refractivity contribution < 1.29 is 4.79 Å². The van der Waals surface area contributed by atoms with E-state index in [1.807, 2.05) is 32.1 Å². The van der Waals surface area contributed by atoms with Crippen LogP contribution in [-0.2, 0) is 4.79 Å². The number of nitrogens with one attached hydrogen (secondary N) is 1. The molecular weight excluding hydrogens is 292 g/mol. The van der Waals surface area contributed by atoms with Crippen LogP contribution in [0.25, 0.3) is 10.2 Å². The van der Waals surface area contributed by atoms with Crippen molar-refractivity contribution in [1.29, 1.82) is 0 Å². The molecule has 116 valence electrons. The number of aromatic nitrogens is 1. The van der Waals surface area contributed by atoms with E-state index in [-0.39, 0.29) is 5.91 Å². The van der Waals surface area contributed by atoms with Gasteiger partial charge in [0.05, 0.1) is 16.6 Å². The Labute approximate surface area is 135 Å². The summed E-state index contributed by atoms with van der Waals surface area (Å²) in [5.41, 5.74) is 3.23. The highest BCUT2D eigenvalue weighted by Gasteiger charge is 2.10. The summed E-state index contributed by atoms with van der Waals surface area (Å²) in [7, 11) is 0. The fourth-order valence-electron chi connectivity index (χ4n) is 2.29. The van der Waals surface area contributed by atoms with E-state index in [1.165, 1.54) is 16.9 Å². The normalized spacial score (nSPS) is 13.3. The van der Waals surface area contributed by atoms with E-state index in [9.17, 15) is 4.79 Å². The summed E-state index contributed by atoms with van der Waals surface area (Å²) in [4.78, 5) is 16.5. The molecule has 1 aliphatic carbocycles. The van der Waals surface area contributed by atoms with Crippen LogP contribution in [0.1, 0.15) is 38.7 Å². The van der Waals surface area contributed by atoms with Crippen molar-refractivity contribution in [3.8, 4) is 0 Å². The van der Waals surface area contributed by atoms with Crippen molar-refractivity contribution in [3.05, 3.63) is 47.6 Å². The molecule has 0 saturated carbocycles. The third kappa shape index (κ3) is 4.04. The lowest BCUT2D eigenvalue weighted by molar-refractivity contribution is -0.115. The molecule has 4 heteroatoms. The predicted molar refractivity (Wildman–Crippen MR) is 95.4 cm³/mol. The highest BCUT2D eigenvalue weighted by Crippen LogP contribution is 2.28. The molecule has 3 rings (SSSR count). The summed E-state index contributed by atoms with van der Waals surface area (Å²) >= 11 is 1.53. The van der Waals surface area contributed by atoms with Crippen molar-refractivity contribution >= 4 is 32.6 Å². The lowest BCUT2D eigenvalue weighted by atomic mass is 10.0. The van der Waals surface area contributed by atoms with Crippen molar-refractivity contribution in [3.63, 3.8) is 0 Å². The molecule has 1 aromatic carbocycles. The summed E-state index contributed by atoms with van der Waals surface area (Å²) in [6.07, 6.45) is 8.80. The Morgan fingerprint density at radius 3 is 2.82 bits per heavy atom. The summed E-state index contributed by atoms with van der Waals surface area (Å²) in [6.45, 7) is 6.06. The van der Waals surface area contributed by atoms with E-state index in [1.54, 1.807) is 0 Å². The molecule has 0 spiro atoms. The fraction of sp³-hybridized carbons (Fsp3) is 0.333. The Morgan fingerprint density at radius 2 is 2.14 bits per heavy atom. The molecule has 1 aliphatic rings. The number of benzene rings is 1. The van der Waals surface area contributed by atoms with Crippen LogP contribution in [0.15, 0.2) is 42.0 Å². The number of nitrogens with zero attached hydrogens (tertiary/aromatic N) is 1. The number of hydrogen-bond acceptors (Lipinski definition) is 3. The molecule has 0 radical (unpaired) electrons. The maximum Gasteiger partial charge on any atom is 0.230 e. The van der Waals surface area contributed by atoms with Crippen LogP contribution >= 0.6 is 11.3 Å².